The van der Waals surface area contributed by atoms with Gasteiger partial charge in [0.25, 0.3) is 0 Å². The zero-order chi connectivity index (χ0) is 26.0. The van der Waals surface area contributed by atoms with E-state index in [2.05, 4.69) is 20.4 Å². The molecule has 0 bridgehead atoms. The highest BCUT2D eigenvalue weighted by molar-refractivity contribution is 7.15. The molecule has 0 aliphatic rings. The molecule has 2 heterocycles. The van der Waals surface area contributed by atoms with Gasteiger partial charge in [-0.15, -0.1) is 20.4 Å². The molecule has 0 aliphatic carbocycles. The fraction of sp³-hybridized carbons (Fsp3) is 0.182. The van der Waals surface area contributed by atoms with Crippen LogP contribution in [0.25, 0.3) is 42.7 Å². The number of hydrogen-bond donors (Lipinski definition) is 0. The van der Waals surface area contributed by atoms with Gasteiger partial charge < -0.3 is 0 Å². The van der Waals surface area contributed by atoms with Gasteiger partial charge in [0, 0.05) is 16.2 Å². The van der Waals surface area contributed by atoms with Crippen molar-refractivity contribution >= 4 is 44.2 Å². The Morgan fingerprint density at radius 1 is 0.444 bits per heavy atom. The van der Waals surface area contributed by atoms with Gasteiger partial charge in [0.1, 0.15) is 15.8 Å². The maximum absolute atomic E-state index is 15.8. The lowest BCUT2D eigenvalue weighted by Crippen LogP contribution is -2.06. The normalized spacial score (nSPS) is 11.8. The smallest absolute Gasteiger partial charge is 0.195 e. The number of aromatic nitrogens is 4. The second kappa shape index (κ2) is 8.69. The number of benzene rings is 3. The van der Waals surface area contributed by atoms with Crippen molar-refractivity contribution in [3.8, 4) is 21.1 Å². The second-order valence-corrected chi connectivity index (χ2v) is 9.60. The summed E-state index contributed by atoms with van der Waals surface area (Å²) in [5, 5.41) is 8.78. The van der Waals surface area contributed by atoms with Crippen LogP contribution in [0.1, 0.15) is 23.9 Å². The third-order valence-corrected chi connectivity index (χ3v) is 7.66. The zero-order valence-electron chi connectivity index (χ0n) is 18.0. The van der Waals surface area contributed by atoms with Crippen LogP contribution in [0.2, 0.25) is 0 Å². The van der Waals surface area contributed by atoms with E-state index in [1.807, 2.05) is 0 Å². The molecular weight excluding hydrogens is 536 g/mol. The van der Waals surface area contributed by atoms with Crippen LogP contribution >= 0.6 is 22.7 Å². The van der Waals surface area contributed by atoms with Gasteiger partial charge in [-0.2, -0.15) is 0 Å². The minimum atomic E-state index is -2.17. The predicted molar refractivity (Wildman–Crippen MR) is 118 cm³/mol. The average molecular weight is 546 g/mol. The fourth-order valence-electron chi connectivity index (χ4n) is 3.82. The molecule has 0 saturated heterocycles. The number of hydrogen-bond acceptors (Lipinski definition) is 6. The quantitative estimate of drug-likeness (QED) is 0.103. The van der Waals surface area contributed by atoms with E-state index in [1.165, 1.54) is 0 Å². The van der Waals surface area contributed by atoms with Crippen molar-refractivity contribution in [2.75, 3.05) is 0 Å². The van der Waals surface area contributed by atoms with Gasteiger partial charge in [0.2, 0.25) is 0 Å². The molecule has 4 nitrogen and oxygen atoms in total. The van der Waals surface area contributed by atoms with E-state index in [-0.39, 0.29) is 0 Å². The Labute approximate surface area is 204 Å². The molecule has 5 aromatic rings. The molecule has 186 valence electrons. The third kappa shape index (κ3) is 3.30. The largest absolute Gasteiger partial charge is 0.205 e. The Bertz CT molecular complexity index is 1710. The van der Waals surface area contributed by atoms with Gasteiger partial charge in [-0.3, -0.25) is 0 Å². The van der Waals surface area contributed by atoms with Crippen molar-refractivity contribution < 1.29 is 35.1 Å². The molecule has 0 amide bonds. The highest BCUT2D eigenvalue weighted by Crippen LogP contribution is 2.46. The summed E-state index contributed by atoms with van der Waals surface area (Å²) >= 11 is 1.36. The Balaban J connectivity index is 2.05. The van der Waals surface area contributed by atoms with E-state index < -0.39 is 89.2 Å². The first-order valence-corrected chi connectivity index (χ1v) is 11.9. The summed E-state index contributed by atoms with van der Waals surface area (Å²) in [5.74, 6) is -16.2. The maximum atomic E-state index is 15.8. The zero-order valence-corrected chi connectivity index (χ0v) is 19.7. The first-order chi connectivity index (χ1) is 17.1. The van der Waals surface area contributed by atoms with Crippen molar-refractivity contribution in [3.63, 3.8) is 0 Å². The number of halogens is 8. The predicted octanol–water partition coefficient (Wildman–Crippen LogP) is 7.27. The summed E-state index contributed by atoms with van der Waals surface area (Å²) in [6.45, 7) is 3.32. The molecule has 0 atom stereocenters. The van der Waals surface area contributed by atoms with E-state index in [9.17, 15) is 13.2 Å². The van der Waals surface area contributed by atoms with Gasteiger partial charge in [-0.05, 0) is 12.8 Å². The average Bonchev–Trinajstić information content (AvgIpc) is 3.53. The van der Waals surface area contributed by atoms with Crippen molar-refractivity contribution in [1.29, 1.82) is 0 Å². The monoisotopic (exact) mass is 546 g/mol. The van der Waals surface area contributed by atoms with Crippen molar-refractivity contribution in [3.05, 3.63) is 56.6 Å². The lowest BCUT2D eigenvalue weighted by molar-refractivity contribution is 0.453. The summed E-state index contributed by atoms with van der Waals surface area (Å²) in [7, 11) is 0. The molecule has 0 saturated carbocycles. The highest BCUT2D eigenvalue weighted by Gasteiger charge is 2.34. The lowest BCUT2D eigenvalue weighted by atomic mass is 9.93. The summed E-state index contributed by atoms with van der Waals surface area (Å²) < 4.78 is 121. The van der Waals surface area contributed by atoms with Crippen molar-refractivity contribution in [2.24, 2.45) is 0 Å². The molecule has 3 aromatic carbocycles. The topological polar surface area (TPSA) is 51.6 Å². The molecule has 0 spiro atoms. The van der Waals surface area contributed by atoms with E-state index in [4.69, 9.17) is 0 Å². The minimum absolute atomic E-state index is 0.296. The first kappa shape index (κ1) is 24.4. The third-order valence-electron chi connectivity index (χ3n) is 5.49. The summed E-state index contributed by atoms with van der Waals surface area (Å²) in [6, 6.07) is 0. The van der Waals surface area contributed by atoms with E-state index in [0.29, 0.717) is 45.5 Å². The van der Waals surface area contributed by atoms with E-state index >= 15 is 22.0 Å². The maximum Gasteiger partial charge on any atom is 0.195 e. The number of nitrogens with zero attached hydrogens (tertiary/aromatic N) is 4. The van der Waals surface area contributed by atoms with Gasteiger partial charge in [0.15, 0.2) is 50.7 Å². The van der Waals surface area contributed by atoms with Crippen LogP contribution in [0.3, 0.4) is 0 Å². The molecule has 0 N–H and O–H groups in total. The van der Waals surface area contributed by atoms with Gasteiger partial charge in [-0.1, -0.05) is 36.5 Å². The van der Waals surface area contributed by atoms with Crippen LogP contribution in [0.5, 0.6) is 0 Å². The van der Waals surface area contributed by atoms with Crippen molar-refractivity contribution in [2.45, 2.75) is 26.7 Å². The van der Waals surface area contributed by atoms with Crippen LogP contribution in [0, 0.1) is 46.5 Å². The standard InChI is InChI=1S/C22H10F8N4S2/c1-3-5-31-33-21(35-5)11-9-7(15(25)20(30)18(11)28)8-10(16(26)14(9)24)17(27)19(29)12(13(8)23)22-34-32-6(4-2)36-22/h3-4H2,1-2H3. The van der Waals surface area contributed by atoms with Crippen LogP contribution in [0.15, 0.2) is 0 Å². The van der Waals surface area contributed by atoms with Gasteiger partial charge in [0.05, 0.1) is 16.5 Å². The molecule has 5 rings (SSSR count). The molecule has 36 heavy (non-hydrogen) atoms. The molecule has 0 radical (unpaired) electrons. The molecule has 0 aliphatic heterocycles. The van der Waals surface area contributed by atoms with Crippen LogP contribution in [0.4, 0.5) is 35.1 Å². The molecule has 0 fully saturated rings. The number of rotatable bonds is 4. The van der Waals surface area contributed by atoms with Crippen LogP contribution in [-0.2, 0) is 12.8 Å². The Hall–Kier alpha value is -3.26. The first-order valence-electron chi connectivity index (χ1n) is 10.2. The van der Waals surface area contributed by atoms with Gasteiger partial charge in [-0.25, -0.2) is 35.1 Å². The Morgan fingerprint density at radius 3 is 1.39 bits per heavy atom. The summed E-state index contributed by atoms with van der Waals surface area (Å²) in [5.41, 5.74) is -2.17. The van der Waals surface area contributed by atoms with E-state index in [1.54, 1.807) is 13.8 Å². The lowest BCUT2D eigenvalue weighted by Gasteiger charge is -2.16. The van der Waals surface area contributed by atoms with Crippen LogP contribution in [-0.4, -0.2) is 20.4 Å². The fourth-order valence-corrected chi connectivity index (χ4v) is 5.46. The summed E-state index contributed by atoms with van der Waals surface area (Å²) in [4.78, 5) is 0. The Morgan fingerprint density at radius 2 is 0.861 bits per heavy atom. The van der Waals surface area contributed by atoms with Crippen LogP contribution < -0.4 is 0 Å². The van der Waals surface area contributed by atoms with E-state index in [0.717, 1.165) is 0 Å². The molecule has 14 heteroatoms. The second-order valence-electron chi connectivity index (χ2n) is 7.47. The molecular formula is C22H10F8N4S2. The van der Waals surface area contributed by atoms with Crippen molar-refractivity contribution in [1.82, 2.24) is 20.4 Å². The Kier molecular flexibility index (Phi) is 5.90. The SMILES string of the molecule is CCc1nnc(-c2c(F)c(F)c3c(F)c(F)c4c(-c5nnc(CC)s5)c(F)c(F)c(F)c4c3c2F)s1. The minimum Gasteiger partial charge on any atom is -0.205 e. The number of fused-ring (bicyclic) bond motifs is 3. The van der Waals surface area contributed by atoms with Gasteiger partial charge >= 0.3 is 0 Å². The molecule has 2 aromatic heterocycles. The summed E-state index contributed by atoms with van der Waals surface area (Å²) in [6.07, 6.45) is 0.606. The molecule has 0 unspecified atom stereocenters. The highest BCUT2D eigenvalue weighted by atomic mass is 32.1. The number of aryl methyl sites for hydroxylation is 2.